The summed E-state index contributed by atoms with van der Waals surface area (Å²) < 4.78 is 89.2. The first-order valence-corrected chi connectivity index (χ1v) is 17.3. The molecule has 0 saturated carbocycles. The molecule has 0 bridgehead atoms. The number of nitrogens with zero attached hydrogens (tertiary/aromatic N) is 1. The molecule has 2 fully saturated rings. The Hall–Kier alpha value is -3.88. The highest BCUT2D eigenvalue weighted by molar-refractivity contribution is 9.10. The molecule has 0 unspecified atom stereocenters. The predicted molar refractivity (Wildman–Crippen MR) is 183 cm³/mol. The maximum absolute atomic E-state index is 14.1. The first-order chi connectivity index (χ1) is 24.1. The van der Waals surface area contributed by atoms with Crippen molar-refractivity contribution < 1.29 is 50.7 Å². The van der Waals surface area contributed by atoms with Gasteiger partial charge in [0.2, 0.25) is 11.8 Å². The molecule has 3 aromatic carbocycles. The molecular formula is C37H33BBrF6NO5. The Balaban J connectivity index is 1.36. The van der Waals surface area contributed by atoms with E-state index in [4.69, 9.17) is 4.65 Å². The van der Waals surface area contributed by atoms with Crippen LogP contribution in [0.5, 0.6) is 5.75 Å². The van der Waals surface area contributed by atoms with Gasteiger partial charge in [-0.1, -0.05) is 65.2 Å². The number of hydrogen-bond acceptors (Lipinski definition) is 5. The Morgan fingerprint density at radius 1 is 0.961 bits per heavy atom. The highest BCUT2D eigenvalue weighted by Gasteiger charge is 2.58. The Kier molecular flexibility index (Phi) is 10.3. The van der Waals surface area contributed by atoms with E-state index in [9.17, 15) is 46.1 Å². The molecule has 6 nitrogen and oxygen atoms in total. The third kappa shape index (κ3) is 7.54. The molecule has 2 aliphatic heterocycles. The second kappa shape index (κ2) is 14.3. The Morgan fingerprint density at radius 2 is 1.63 bits per heavy atom. The average Bonchev–Trinajstić information content (AvgIpc) is 3.32. The number of fused-ring (bicyclic) bond motifs is 3. The SMILES string of the molecule is CCCC1=C2[C@@H](CC/C(=C/c3cc(Br)ccc3O)c3ccccc3)OB(O)C[C@@H]2[C@@H]2C(=O)N(c3cc(C(F)(F)F)cc(C(F)(F)F)c3)C(=O)[C@@H]2C1. The van der Waals surface area contributed by atoms with Crippen molar-refractivity contribution in [3.8, 4) is 5.75 Å². The lowest BCUT2D eigenvalue weighted by molar-refractivity contribution is -0.143. The Bertz CT molecular complexity index is 1860. The quantitative estimate of drug-likeness (QED) is 0.0784. The minimum Gasteiger partial charge on any atom is -0.507 e. The van der Waals surface area contributed by atoms with E-state index < -0.39 is 72.0 Å². The van der Waals surface area contributed by atoms with Gasteiger partial charge >= 0.3 is 19.5 Å². The van der Waals surface area contributed by atoms with E-state index in [2.05, 4.69) is 15.9 Å². The van der Waals surface area contributed by atoms with Crippen molar-refractivity contribution in [3.05, 3.63) is 105 Å². The molecule has 2 N–H and O–H groups in total. The second-order valence-corrected chi connectivity index (χ2v) is 14.0. The molecule has 268 valence electrons. The van der Waals surface area contributed by atoms with E-state index in [1.54, 1.807) is 18.2 Å². The number of halogens is 7. The van der Waals surface area contributed by atoms with Crippen molar-refractivity contribution in [2.24, 2.45) is 17.8 Å². The molecule has 2 heterocycles. The fourth-order valence-electron chi connectivity index (χ4n) is 7.69. The number of phenolic OH excluding ortho intramolecular Hbond substituents is 1. The molecule has 3 aromatic rings. The number of rotatable bonds is 8. The number of allylic oxidation sites excluding steroid dienone is 2. The monoisotopic (exact) mass is 775 g/mol. The zero-order chi connectivity index (χ0) is 36.8. The minimum atomic E-state index is -5.17. The lowest BCUT2D eigenvalue weighted by atomic mass is 9.58. The summed E-state index contributed by atoms with van der Waals surface area (Å²) in [7, 11) is -1.34. The van der Waals surface area contributed by atoms with Crippen LogP contribution in [0.25, 0.3) is 11.6 Å². The van der Waals surface area contributed by atoms with Gasteiger partial charge in [-0.25, -0.2) is 4.90 Å². The molecule has 6 rings (SSSR count). The highest BCUT2D eigenvalue weighted by Crippen LogP contribution is 2.53. The summed E-state index contributed by atoms with van der Waals surface area (Å²) in [5.41, 5.74) is -0.195. The van der Waals surface area contributed by atoms with Crippen LogP contribution in [0.2, 0.25) is 6.32 Å². The van der Waals surface area contributed by atoms with Gasteiger partial charge in [0.25, 0.3) is 0 Å². The smallest absolute Gasteiger partial charge is 0.455 e. The first kappa shape index (κ1) is 36.9. The Labute approximate surface area is 299 Å². The van der Waals surface area contributed by atoms with E-state index in [-0.39, 0.29) is 24.6 Å². The highest BCUT2D eigenvalue weighted by atomic mass is 79.9. The number of carbonyl (C=O) groups is 2. The normalized spacial score (nSPS) is 22.8. The molecule has 2 saturated heterocycles. The van der Waals surface area contributed by atoms with Gasteiger partial charge in [-0.3, -0.25) is 9.59 Å². The van der Waals surface area contributed by atoms with Gasteiger partial charge < -0.3 is 14.8 Å². The molecule has 1 aliphatic carbocycles. The van der Waals surface area contributed by atoms with E-state index in [0.717, 1.165) is 26.8 Å². The van der Waals surface area contributed by atoms with Crippen molar-refractivity contribution in [2.45, 2.75) is 63.8 Å². The van der Waals surface area contributed by atoms with Crippen LogP contribution in [0.4, 0.5) is 32.0 Å². The van der Waals surface area contributed by atoms with Crippen LogP contribution in [0.3, 0.4) is 0 Å². The molecule has 0 spiro atoms. The number of alkyl halides is 6. The Morgan fingerprint density at radius 3 is 2.25 bits per heavy atom. The summed E-state index contributed by atoms with van der Waals surface area (Å²) >= 11 is 3.44. The van der Waals surface area contributed by atoms with E-state index in [1.165, 1.54) is 0 Å². The minimum absolute atomic E-state index is 0.0455. The topological polar surface area (TPSA) is 87.1 Å². The molecule has 0 aromatic heterocycles. The maximum Gasteiger partial charge on any atom is 0.455 e. The number of phenols is 1. The zero-order valence-corrected chi connectivity index (χ0v) is 28.9. The molecular weight excluding hydrogens is 743 g/mol. The number of anilines is 1. The van der Waals surface area contributed by atoms with Crippen LogP contribution >= 0.6 is 15.9 Å². The molecule has 14 heteroatoms. The van der Waals surface area contributed by atoms with Crippen molar-refractivity contribution in [1.82, 2.24) is 0 Å². The van der Waals surface area contributed by atoms with E-state index >= 15 is 0 Å². The van der Waals surface area contributed by atoms with E-state index in [0.29, 0.717) is 48.3 Å². The van der Waals surface area contributed by atoms with Crippen molar-refractivity contribution in [2.75, 3.05) is 4.90 Å². The summed E-state index contributed by atoms with van der Waals surface area (Å²) in [5, 5.41) is 21.5. The van der Waals surface area contributed by atoms with Crippen molar-refractivity contribution in [1.29, 1.82) is 0 Å². The maximum atomic E-state index is 14.1. The van der Waals surface area contributed by atoms with Gasteiger partial charge in [0.05, 0.1) is 34.8 Å². The summed E-state index contributed by atoms with van der Waals surface area (Å²) in [6, 6.07) is 15.3. The molecule has 4 atom stereocenters. The fraction of sp³-hybridized carbons (Fsp3) is 0.351. The standard InChI is InChI=1S/C37H33BBrF6NO5/c1-2-6-22-15-28-33(35(49)46(34(28)48)27-17-24(36(40,41)42)16-25(18-27)37(43,44)45)29-19-38(50)51-31(32(22)29)12-9-21(20-7-4-3-5-8-20)13-23-14-26(39)10-11-30(23)47/h3-5,7-8,10-11,13-14,16-18,28-29,31,33,47,50H,2,6,9,12,15,19H2,1H3/b21-13-/t28-,29+,31-,33-/m1/s1. The van der Waals surface area contributed by atoms with Crippen LogP contribution in [0, 0.1) is 17.8 Å². The average molecular weight is 776 g/mol. The third-order valence-electron chi connectivity index (χ3n) is 9.83. The molecule has 2 amide bonds. The summed E-state index contributed by atoms with van der Waals surface area (Å²) in [4.78, 5) is 28.4. The first-order valence-electron chi connectivity index (χ1n) is 16.5. The van der Waals surface area contributed by atoms with Gasteiger partial charge in [-0.2, -0.15) is 26.3 Å². The lowest BCUT2D eigenvalue weighted by Crippen LogP contribution is -2.46. The largest absolute Gasteiger partial charge is 0.507 e. The second-order valence-electron chi connectivity index (χ2n) is 13.1. The number of aromatic hydroxyl groups is 1. The van der Waals surface area contributed by atoms with Crippen LogP contribution in [-0.2, 0) is 26.6 Å². The lowest BCUT2D eigenvalue weighted by Gasteiger charge is -2.43. The number of benzene rings is 3. The number of carbonyl (C=O) groups excluding carboxylic acids is 2. The number of amides is 2. The van der Waals surface area contributed by atoms with Crippen LogP contribution in [0.15, 0.2) is 82.3 Å². The number of hydrogen-bond donors (Lipinski definition) is 2. The summed E-state index contributed by atoms with van der Waals surface area (Å²) in [5.74, 6) is -4.57. The van der Waals surface area contributed by atoms with Gasteiger partial charge in [0.1, 0.15) is 5.75 Å². The van der Waals surface area contributed by atoms with Gasteiger partial charge in [0, 0.05) is 10.0 Å². The summed E-state index contributed by atoms with van der Waals surface area (Å²) in [6.07, 6.45) is -7.27. The van der Waals surface area contributed by atoms with Crippen molar-refractivity contribution in [3.63, 3.8) is 0 Å². The zero-order valence-electron chi connectivity index (χ0n) is 27.3. The molecule has 51 heavy (non-hydrogen) atoms. The van der Waals surface area contributed by atoms with Crippen molar-refractivity contribution >= 4 is 52.2 Å². The third-order valence-corrected chi connectivity index (χ3v) is 10.3. The predicted octanol–water partition coefficient (Wildman–Crippen LogP) is 9.31. The number of imide groups is 1. The van der Waals surface area contributed by atoms with E-state index in [1.807, 2.05) is 43.3 Å². The molecule has 3 aliphatic rings. The van der Waals surface area contributed by atoms with Crippen LogP contribution < -0.4 is 4.90 Å². The van der Waals surface area contributed by atoms with Gasteiger partial charge in [-0.15, -0.1) is 0 Å². The van der Waals surface area contributed by atoms with Gasteiger partial charge in [0.15, 0.2) is 0 Å². The molecule has 0 radical (unpaired) electrons. The van der Waals surface area contributed by atoms with Crippen LogP contribution in [-0.4, -0.2) is 35.2 Å². The van der Waals surface area contributed by atoms with Gasteiger partial charge in [-0.05, 0) is 97.1 Å². The van der Waals surface area contributed by atoms with Crippen LogP contribution in [0.1, 0.15) is 61.3 Å². The summed E-state index contributed by atoms with van der Waals surface area (Å²) in [6.45, 7) is 1.93. The fourth-order valence-corrected chi connectivity index (χ4v) is 8.07.